The van der Waals surface area contributed by atoms with Gasteiger partial charge in [-0.3, -0.25) is 0 Å². The number of pyridine rings is 1. The van der Waals surface area contributed by atoms with Crippen molar-refractivity contribution < 1.29 is 9.47 Å². The molecule has 0 atom stereocenters. The first-order valence-corrected chi connectivity index (χ1v) is 6.09. The molecule has 2 aliphatic heterocycles. The van der Waals surface area contributed by atoms with Gasteiger partial charge in [0, 0.05) is 31.7 Å². The summed E-state index contributed by atoms with van der Waals surface area (Å²) < 4.78 is 11.0. The van der Waals surface area contributed by atoms with Gasteiger partial charge in [0.25, 0.3) is 0 Å². The minimum absolute atomic E-state index is 0. The summed E-state index contributed by atoms with van der Waals surface area (Å²) in [5.74, 6) is 1.77. The first-order chi connectivity index (χ1) is 8.43. The van der Waals surface area contributed by atoms with Gasteiger partial charge in [-0.15, -0.1) is 12.4 Å². The molecule has 5 nitrogen and oxygen atoms in total. The zero-order chi connectivity index (χ0) is 11.5. The highest BCUT2D eigenvalue weighted by molar-refractivity contribution is 5.85. The van der Waals surface area contributed by atoms with E-state index in [-0.39, 0.29) is 12.4 Å². The number of ether oxygens (including phenoxy) is 2. The smallest absolute Gasteiger partial charge is 0.219 e. The molecule has 0 saturated carbocycles. The molecule has 3 rings (SSSR count). The summed E-state index contributed by atoms with van der Waals surface area (Å²) in [6, 6.07) is 4.17. The van der Waals surface area contributed by atoms with Crippen LogP contribution in [0.15, 0.2) is 12.1 Å². The molecule has 0 aliphatic carbocycles. The molecular weight excluding hydrogens is 254 g/mol. The number of nitrogens with zero attached hydrogens (tertiary/aromatic N) is 2. The van der Waals surface area contributed by atoms with Crippen LogP contribution < -0.4 is 15.0 Å². The van der Waals surface area contributed by atoms with E-state index in [2.05, 4.69) is 27.3 Å². The van der Waals surface area contributed by atoms with E-state index in [4.69, 9.17) is 9.47 Å². The first-order valence-electron chi connectivity index (χ1n) is 6.09. The average Bonchev–Trinajstić information content (AvgIpc) is 2.64. The largest absolute Gasteiger partial charge is 0.476 e. The molecule has 100 valence electrons. The van der Waals surface area contributed by atoms with Crippen LogP contribution in [0.2, 0.25) is 0 Å². The molecule has 3 heterocycles. The van der Waals surface area contributed by atoms with E-state index in [1.54, 1.807) is 0 Å². The molecule has 18 heavy (non-hydrogen) atoms. The van der Waals surface area contributed by atoms with Gasteiger partial charge in [-0.2, -0.15) is 4.98 Å². The van der Waals surface area contributed by atoms with Gasteiger partial charge in [-0.1, -0.05) is 0 Å². The fourth-order valence-corrected chi connectivity index (χ4v) is 2.13. The van der Waals surface area contributed by atoms with Gasteiger partial charge < -0.3 is 19.7 Å². The molecule has 0 aromatic carbocycles. The average molecular weight is 272 g/mol. The normalized spacial score (nSPS) is 19.2. The lowest BCUT2D eigenvalue weighted by molar-refractivity contribution is 0.122. The summed E-state index contributed by atoms with van der Waals surface area (Å²) in [4.78, 5) is 6.85. The van der Waals surface area contributed by atoms with Crippen LogP contribution >= 0.6 is 12.4 Å². The summed E-state index contributed by atoms with van der Waals surface area (Å²) in [7, 11) is 0. The van der Waals surface area contributed by atoms with E-state index in [0.29, 0.717) is 6.61 Å². The topological polar surface area (TPSA) is 46.6 Å². The molecule has 0 spiro atoms. The molecule has 1 saturated heterocycles. The Bertz CT molecular complexity index is 397. The maximum absolute atomic E-state index is 5.65. The van der Waals surface area contributed by atoms with Crippen LogP contribution in [-0.4, -0.2) is 44.4 Å². The number of aromatic nitrogens is 1. The van der Waals surface area contributed by atoms with E-state index >= 15 is 0 Å². The standard InChI is InChI=1S/C12H17N3O2.ClH/c1-2-11(15-4-7-16-8-5-15)14-12-10(1)9-13-3-6-17-12;/h1-2,13H,3-9H2;1H. The fraction of sp³-hybridized carbons (Fsp3) is 0.583. The van der Waals surface area contributed by atoms with Crippen molar-refractivity contribution in [2.75, 3.05) is 44.4 Å². The highest BCUT2D eigenvalue weighted by Crippen LogP contribution is 2.22. The van der Waals surface area contributed by atoms with Gasteiger partial charge in [0.15, 0.2) is 0 Å². The van der Waals surface area contributed by atoms with Crippen molar-refractivity contribution in [3.8, 4) is 5.88 Å². The van der Waals surface area contributed by atoms with Crippen molar-refractivity contribution in [1.29, 1.82) is 0 Å². The lowest BCUT2D eigenvalue weighted by atomic mass is 10.2. The number of anilines is 1. The van der Waals surface area contributed by atoms with E-state index in [0.717, 1.165) is 56.7 Å². The van der Waals surface area contributed by atoms with Crippen LogP contribution in [0, 0.1) is 0 Å². The number of rotatable bonds is 1. The number of morpholine rings is 1. The molecular formula is C12H18ClN3O2. The van der Waals surface area contributed by atoms with Crippen molar-refractivity contribution >= 4 is 18.2 Å². The van der Waals surface area contributed by atoms with Crippen molar-refractivity contribution in [3.63, 3.8) is 0 Å². The number of fused-ring (bicyclic) bond motifs is 1. The molecule has 1 aromatic heterocycles. The van der Waals surface area contributed by atoms with Crippen LogP contribution in [0.5, 0.6) is 5.88 Å². The second-order valence-electron chi connectivity index (χ2n) is 4.26. The Balaban J connectivity index is 0.00000120. The minimum Gasteiger partial charge on any atom is -0.476 e. The third-order valence-corrected chi connectivity index (χ3v) is 3.09. The monoisotopic (exact) mass is 271 g/mol. The zero-order valence-corrected chi connectivity index (χ0v) is 11.0. The number of hydrogen-bond donors (Lipinski definition) is 1. The summed E-state index contributed by atoms with van der Waals surface area (Å²) >= 11 is 0. The van der Waals surface area contributed by atoms with Crippen LogP contribution in [0.3, 0.4) is 0 Å². The van der Waals surface area contributed by atoms with Gasteiger partial charge in [-0.25, -0.2) is 0 Å². The molecule has 0 radical (unpaired) electrons. The quantitative estimate of drug-likeness (QED) is 0.820. The van der Waals surface area contributed by atoms with E-state index in [9.17, 15) is 0 Å². The Kier molecular flexibility index (Phi) is 4.63. The van der Waals surface area contributed by atoms with Crippen molar-refractivity contribution in [2.24, 2.45) is 0 Å². The van der Waals surface area contributed by atoms with Crippen LogP contribution in [0.25, 0.3) is 0 Å². The second-order valence-corrected chi connectivity index (χ2v) is 4.26. The highest BCUT2D eigenvalue weighted by atomic mass is 35.5. The summed E-state index contributed by atoms with van der Waals surface area (Å²) in [5, 5.41) is 3.30. The Morgan fingerprint density at radius 1 is 1.17 bits per heavy atom. The van der Waals surface area contributed by atoms with Crippen LogP contribution in [0.1, 0.15) is 5.56 Å². The molecule has 1 N–H and O–H groups in total. The fourth-order valence-electron chi connectivity index (χ4n) is 2.13. The molecule has 2 aliphatic rings. The van der Waals surface area contributed by atoms with Gasteiger partial charge in [0.2, 0.25) is 5.88 Å². The molecule has 0 amide bonds. The van der Waals surface area contributed by atoms with Gasteiger partial charge in [0.05, 0.1) is 13.2 Å². The van der Waals surface area contributed by atoms with E-state index in [1.807, 2.05) is 0 Å². The predicted molar refractivity (Wildman–Crippen MR) is 71.7 cm³/mol. The van der Waals surface area contributed by atoms with E-state index < -0.39 is 0 Å². The Hall–Kier alpha value is -1.04. The SMILES string of the molecule is Cl.c1cc2c(nc1N1CCOCC1)OCCNC2. The van der Waals surface area contributed by atoms with Gasteiger partial charge in [-0.05, 0) is 12.1 Å². The lowest BCUT2D eigenvalue weighted by Crippen LogP contribution is -2.36. The van der Waals surface area contributed by atoms with Gasteiger partial charge >= 0.3 is 0 Å². The molecule has 0 unspecified atom stereocenters. The van der Waals surface area contributed by atoms with Crippen molar-refractivity contribution in [3.05, 3.63) is 17.7 Å². The van der Waals surface area contributed by atoms with Gasteiger partial charge in [0.1, 0.15) is 12.4 Å². The number of nitrogens with one attached hydrogen (secondary N) is 1. The van der Waals surface area contributed by atoms with Crippen LogP contribution in [-0.2, 0) is 11.3 Å². The highest BCUT2D eigenvalue weighted by Gasteiger charge is 2.16. The molecule has 0 bridgehead atoms. The van der Waals surface area contributed by atoms with E-state index in [1.165, 1.54) is 0 Å². The number of hydrogen-bond acceptors (Lipinski definition) is 5. The Morgan fingerprint density at radius 2 is 2.00 bits per heavy atom. The maximum Gasteiger partial charge on any atom is 0.219 e. The summed E-state index contributed by atoms with van der Waals surface area (Å²) in [6.07, 6.45) is 0. The summed E-state index contributed by atoms with van der Waals surface area (Å²) in [5.41, 5.74) is 1.14. The second kappa shape index (κ2) is 6.22. The number of halogens is 1. The first kappa shape index (κ1) is 13.4. The minimum atomic E-state index is 0. The van der Waals surface area contributed by atoms with Crippen molar-refractivity contribution in [2.45, 2.75) is 6.54 Å². The third kappa shape index (κ3) is 2.85. The zero-order valence-electron chi connectivity index (χ0n) is 10.2. The predicted octanol–water partition coefficient (Wildman–Crippen LogP) is 0.822. The van der Waals surface area contributed by atoms with Crippen molar-refractivity contribution in [1.82, 2.24) is 10.3 Å². The molecule has 1 aromatic rings. The summed E-state index contributed by atoms with van der Waals surface area (Å²) in [6.45, 7) is 5.78. The van der Waals surface area contributed by atoms with Crippen LogP contribution in [0.4, 0.5) is 5.82 Å². The molecule has 1 fully saturated rings. The Labute approximate surface area is 113 Å². The maximum atomic E-state index is 5.65. The molecule has 6 heteroatoms. The lowest BCUT2D eigenvalue weighted by Gasteiger charge is -2.28. The Morgan fingerprint density at radius 3 is 2.83 bits per heavy atom. The third-order valence-electron chi connectivity index (χ3n) is 3.09.